The summed E-state index contributed by atoms with van der Waals surface area (Å²) in [5.41, 5.74) is 19.5. The minimum absolute atomic E-state index is 0.558. The summed E-state index contributed by atoms with van der Waals surface area (Å²) in [4.78, 5) is 0. The minimum atomic E-state index is 0.558. The van der Waals surface area contributed by atoms with Crippen LogP contribution in [0.15, 0.2) is 12.1 Å². The van der Waals surface area contributed by atoms with E-state index in [-0.39, 0.29) is 0 Å². The highest BCUT2D eigenvalue weighted by Crippen LogP contribution is 2.43. The Morgan fingerprint density at radius 1 is 0.700 bits per heavy atom. The monoisotopic (exact) mass is 308 g/mol. The molecular weight excluding hydrogens is 291 g/mol. The molecule has 0 radical (unpaired) electrons. The van der Waals surface area contributed by atoms with Crippen molar-refractivity contribution < 1.29 is 0 Å². The molecule has 2 aromatic carbocycles. The van der Waals surface area contributed by atoms with Gasteiger partial charge in [0, 0.05) is 16.9 Å². The van der Waals surface area contributed by atoms with E-state index in [0.29, 0.717) is 15.7 Å². The highest BCUT2D eigenvalue weighted by molar-refractivity contribution is 6.39. The lowest BCUT2D eigenvalue weighted by Gasteiger charge is -2.20. The molecule has 0 bridgehead atoms. The summed E-state index contributed by atoms with van der Waals surface area (Å²) in [6.45, 7) is 8.10. The van der Waals surface area contributed by atoms with E-state index in [0.717, 1.165) is 39.1 Å². The molecule has 2 rings (SSSR count). The number of rotatable bonds is 1. The fraction of sp³-hybridized carbons (Fsp3) is 0.250. The summed E-state index contributed by atoms with van der Waals surface area (Å²) < 4.78 is 0. The first kappa shape index (κ1) is 15.0. The van der Waals surface area contributed by atoms with Crippen molar-refractivity contribution in [3.8, 4) is 11.1 Å². The Kier molecular flexibility index (Phi) is 3.90. The first-order valence-electron chi connectivity index (χ1n) is 6.36. The zero-order valence-corrected chi connectivity index (χ0v) is 13.6. The van der Waals surface area contributed by atoms with Crippen LogP contribution in [0.5, 0.6) is 0 Å². The Morgan fingerprint density at radius 3 is 1.50 bits per heavy atom. The highest BCUT2D eigenvalue weighted by Gasteiger charge is 2.19. The number of nitrogen functional groups attached to an aromatic ring is 2. The average Bonchev–Trinajstić information content (AvgIpc) is 2.37. The average molecular weight is 309 g/mol. The van der Waals surface area contributed by atoms with Crippen molar-refractivity contribution in [2.45, 2.75) is 27.7 Å². The van der Waals surface area contributed by atoms with E-state index in [1.165, 1.54) is 0 Å². The lowest BCUT2D eigenvalue weighted by atomic mass is 9.88. The van der Waals surface area contributed by atoms with Gasteiger partial charge in [0.2, 0.25) is 0 Å². The normalized spacial score (nSPS) is 10.9. The molecule has 2 aromatic rings. The first-order valence-corrected chi connectivity index (χ1v) is 7.12. The lowest BCUT2D eigenvalue weighted by Crippen LogP contribution is -2.03. The maximum Gasteiger partial charge on any atom is 0.0520 e. The van der Waals surface area contributed by atoms with Crippen LogP contribution >= 0.6 is 23.2 Å². The minimum Gasteiger partial charge on any atom is -0.399 e. The summed E-state index contributed by atoms with van der Waals surface area (Å²) in [5, 5.41) is 1.12. The molecule has 0 amide bonds. The van der Waals surface area contributed by atoms with Gasteiger partial charge >= 0.3 is 0 Å². The van der Waals surface area contributed by atoms with Gasteiger partial charge in [-0.2, -0.15) is 0 Å². The van der Waals surface area contributed by atoms with Crippen molar-refractivity contribution in [1.82, 2.24) is 0 Å². The molecule has 0 saturated carbocycles. The second kappa shape index (κ2) is 5.19. The highest BCUT2D eigenvalue weighted by atomic mass is 35.5. The van der Waals surface area contributed by atoms with E-state index in [9.17, 15) is 0 Å². The number of hydrogen-bond donors (Lipinski definition) is 2. The van der Waals surface area contributed by atoms with Crippen molar-refractivity contribution in [3.05, 3.63) is 44.4 Å². The Bertz CT molecular complexity index is 654. The van der Waals surface area contributed by atoms with Gasteiger partial charge < -0.3 is 11.5 Å². The van der Waals surface area contributed by atoms with Crippen LogP contribution in [0.1, 0.15) is 22.3 Å². The van der Waals surface area contributed by atoms with Gasteiger partial charge in [-0.05, 0) is 67.6 Å². The maximum absolute atomic E-state index is 6.36. The predicted molar refractivity (Wildman–Crippen MR) is 89.7 cm³/mol. The fourth-order valence-corrected chi connectivity index (χ4v) is 3.24. The Hall–Kier alpha value is -1.38. The van der Waals surface area contributed by atoms with Gasteiger partial charge in [0.1, 0.15) is 0 Å². The molecule has 0 aliphatic rings. The molecule has 0 spiro atoms. The van der Waals surface area contributed by atoms with Crippen molar-refractivity contribution in [1.29, 1.82) is 0 Å². The summed E-state index contributed by atoms with van der Waals surface area (Å²) in [6, 6.07) is 3.45. The summed E-state index contributed by atoms with van der Waals surface area (Å²) in [7, 11) is 0. The van der Waals surface area contributed by atoms with Crippen LogP contribution in [0.2, 0.25) is 10.0 Å². The third-order valence-corrected chi connectivity index (χ3v) is 4.59. The standard InChI is InChI=1S/C16H18Cl2N2/c1-7-9(3)16(20)10(4)8(2)14(7)15-12(17)5-11(19)6-13(15)18/h5-6H,19-20H2,1-4H3. The van der Waals surface area contributed by atoms with Gasteiger partial charge in [0.05, 0.1) is 10.0 Å². The van der Waals surface area contributed by atoms with Crippen LogP contribution in [0.25, 0.3) is 11.1 Å². The largest absolute Gasteiger partial charge is 0.399 e. The van der Waals surface area contributed by atoms with Crippen LogP contribution in [-0.2, 0) is 0 Å². The second-order valence-corrected chi connectivity index (χ2v) is 5.96. The zero-order chi connectivity index (χ0) is 15.2. The molecule has 0 aromatic heterocycles. The fourth-order valence-electron chi connectivity index (χ4n) is 2.55. The van der Waals surface area contributed by atoms with Gasteiger partial charge in [-0.15, -0.1) is 0 Å². The van der Waals surface area contributed by atoms with Crippen LogP contribution < -0.4 is 11.5 Å². The molecule has 0 saturated heterocycles. The van der Waals surface area contributed by atoms with E-state index in [2.05, 4.69) is 0 Å². The second-order valence-electron chi connectivity index (χ2n) is 5.15. The van der Waals surface area contributed by atoms with Crippen molar-refractivity contribution >= 4 is 34.6 Å². The predicted octanol–water partition coefficient (Wildman–Crippen LogP) is 5.06. The van der Waals surface area contributed by atoms with Crippen LogP contribution in [0, 0.1) is 27.7 Å². The molecule has 106 valence electrons. The maximum atomic E-state index is 6.36. The Balaban J connectivity index is 2.91. The number of nitrogens with two attached hydrogens (primary N) is 2. The van der Waals surface area contributed by atoms with E-state index < -0.39 is 0 Å². The smallest absolute Gasteiger partial charge is 0.0520 e. The van der Waals surface area contributed by atoms with E-state index in [1.54, 1.807) is 12.1 Å². The number of benzene rings is 2. The molecule has 4 N–H and O–H groups in total. The van der Waals surface area contributed by atoms with Gasteiger partial charge in [-0.1, -0.05) is 23.2 Å². The van der Waals surface area contributed by atoms with Crippen LogP contribution in [0.3, 0.4) is 0 Å². The SMILES string of the molecule is Cc1c(C)c(-c2c(Cl)cc(N)cc2Cl)c(C)c(C)c1N. The molecule has 0 fully saturated rings. The van der Waals surface area contributed by atoms with E-state index >= 15 is 0 Å². The molecular formula is C16H18Cl2N2. The number of hydrogen-bond acceptors (Lipinski definition) is 2. The van der Waals surface area contributed by atoms with Gasteiger partial charge in [-0.3, -0.25) is 0 Å². The molecule has 0 unspecified atom stereocenters. The Morgan fingerprint density at radius 2 is 1.10 bits per heavy atom. The number of halogens is 2. The zero-order valence-electron chi connectivity index (χ0n) is 12.1. The van der Waals surface area contributed by atoms with E-state index in [4.69, 9.17) is 34.7 Å². The van der Waals surface area contributed by atoms with Crippen LogP contribution in [0.4, 0.5) is 11.4 Å². The van der Waals surface area contributed by atoms with Crippen molar-refractivity contribution in [2.75, 3.05) is 11.5 Å². The molecule has 0 aliphatic carbocycles. The van der Waals surface area contributed by atoms with Gasteiger partial charge in [0.25, 0.3) is 0 Å². The van der Waals surface area contributed by atoms with Crippen molar-refractivity contribution in [2.24, 2.45) is 0 Å². The third-order valence-electron chi connectivity index (χ3n) is 4.00. The molecule has 4 heteroatoms. The first-order chi connectivity index (χ1) is 9.25. The molecule has 2 nitrogen and oxygen atoms in total. The summed E-state index contributed by atoms with van der Waals surface area (Å²) >= 11 is 12.7. The van der Waals surface area contributed by atoms with Crippen LogP contribution in [-0.4, -0.2) is 0 Å². The molecule has 0 atom stereocenters. The number of anilines is 2. The van der Waals surface area contributed by atoms with Gasteiger partial charge in [0.15, 0.2) is 0 Å². The van der Waals surface area contributed by atoms with E-state index in [1.807, 2.05) is 27.7 Å². The third kappa shape index (κ3) is 2.23. The molecule has 20 heavy (non-hydrogen) atoms. The Labute approximate surface area is 129 Å². The molecule has 0 heterocycles. The lowest BCUT2D eigenvalue weighted by molar-refractivity contribution is 1.25. The summed E-state index contributed by atoms with van der Waals surface area (Å²) in [6.07, 6.45) is 0. The quantitative estimate of drug-likeness (QED) is 0.723. The summed E-state index contributed by atoms with van der Waals surface area (Å²) in [5.74, 6) is 0. The van der Waals surface area contributed by atoms with Crippen molar-refractivity contribution in [3.63, 3.8) is 0 Å². The molecule has 0 aliphatic heterocycles. The topological polar surface area (TPSA) is 52.0 Å². The van der Waals surface area contributed by atoms with Gasteiger partial charge in [-0.25, -0.2) is 0 Å².